The summed E-state index contributed by atoms with van der Waals surface area (Å²) in [5.74, 6) is 0. The molecule has 0 rings (SSSR count). The summed E-state index contributed by atoms with van der Waals surface area (Å²) in [5, 5.41) is 0. The number of hydrogen-bond donors (Lipinski definition) is 0. The van der Waals surface area contributed by atoms with Crippen molar-refractivity contribution in [2.45, 2.75) is 26.6 Å². The van der Waals surface area contributed by atoms with E-state index in [9.17, 15) is 4.79 Å². The molecule has 0 aliphatic heterocycles. The Morgan fingerprint density at radius 3 is 2.09 bits per heavy atom. The smallest absolute Gasteiger partial charge is 0.157 e. The lowest BCUT2D eigenvalue weighted by Crippen LogP contribution is -2.24. The van der Waals surface area contributed by atoms with Gasteiger partial charge < -0.3 is 14.3 Å². The van der Waals surface area contributed by atoms with E-state index in [1.165, 1.54) is 0 Å². The number of aldehydes is 1. The quantitative estimate of drug-likeness (QED) is 0.448. The maximum Gasteiger partial charge on any atom is 0.157 e. The largest absolute Gasteiger partial charge is 0.356 e. The van der Waals surface area contributed by atoms with Crippen LogP contribution in [0.4, 0.5) is 0 Å². The van der Waals surface area contributed by atoms with E-state index in [1.807, 2.05) is 13.8 Å². The first kappa shape index (κ1) is 10.6. The molecule has 0 atom stereocenters. The highest BCUT2D eigenvalue weighted by molar-refractivity contribution is 5.57. The van der Waals surface area contributed by atoms with E-state index in [4.69, 9.17) is 9.47 Å². The number of rotatable bonds is 5. The van der Waals surface area contributed by atoms with Crippen LogP contribution in [-0.4, -0.2) is 26.8 Å². The third-order valence-electron chi connectivity index (χ3n) is 1.54. The first-order valence-electron chi connectivity index (χ1n) is 3.57. The van der Waals surface area contributed by atoms with Crippen molar-refractivity contribution in [3.63, 3.8) is 0 Å². The third kappa shape index (κ3) is 4.11. The van der Waals surface area contributed by atoms with Crippen LogP contribution < -0.4 is 0 Å². The van der Waals surface area contributed by atoms with E-state index in [-0.39, 0.29) is 11.7 Å². The molecule has 0 saturated carbocycles. The maximum absolute atomic E-state index is 10.5. The molecule has 3 nitrogen and oxygen atoms in total. The number of carbonyl (C=O) groups excluding carboxylic acids is 1. The number of methoxy groups -OCH3 is 2. The summed E-state index contributed by atoms with van der Waals surface area (Å²) in [6, 6.07) is 0. The predicted octanol–water partition coefficient (Wildman–Crippen LogP) is 1.22. The first-order chi connectivity index (χ1) is 5.05. The van der Waals surface area contributed by atoms with E-state index in [0.717, 1.165) is 6.29 Å². The van der Waals surface area contributed by atoms with Crippen molar-refractivity contribution in [3.05, 3.63) is 0 Å². The Morgan fingerprint density at radius 1 is 1.36 bits per heavy atom. The van der Waals surface area contributed by atoms with E-state index in [2.05, 4.69) is 0 Å². The topological polar surface area (TPSA) is 35.5 Å². The molecule has 0 bridgehead atoms. The van der Waals surface area contributed by atoms with Crippen molar-refractivity contribution >= 4 is 6.29 Å². The van der Waals surface area contributed by atoms with Crippen LogP contribution in [-0.2, 0) is 14.3 Å². The highest BCUT2D eigenvalue weighted by atomic mass is 16.7. The summed E-state index contributed by atoms with van der Waals surface area (Å²) in [4.78, 5) is 10.5. The average Bonchev–Trinajstić information content (AvgIpc) is 2.00. The summed E-state index contributed by atoms with van der Waals surface area (Å²) >= 11 is 0. The Hall–Kier alpha value is -0.410. The molecule has 66 valence electrons. The van der Waals surface area contributed by atoms with E-state index in [0.29, 0.717) is 6.42 Å². The van der Waals surface area contributed by atoms with Crippen molar-refractivity contribution in [1.82, 2.24) is 0 Å². The Balaban J connectivity index is 3.88. The second kappa shape index (κ2) is 4.46. The fourth-order valence-electron chi connectivity index (χ4n) is 0.741. The van der Waals surface area contributed by atoms with Crippen LogP contribution in [0.3, 0.4) is 0 Å². The zero-order chi connectivity index (χ0) is 8.91. The Bertz CT molecular complexity index is 117. The second-order valence-corrected chi connectivity index (χ2v) is 3.21. The minimum atomic E-state index is -0.364. The van der Waals surface area contributed by atoms with Gasteiger partial charge >= 0.3 is 0 Å². The molecule has 0 N–H and O–H groups in total. The number of ether oxygens (including phenoxy) is 2. The van der Waals surface area contributed by atoms with Gasteiger partial charge in [0.05, 0.1) is 0 Å². The van der Waals surface area contributed by atoms with Crippen LogP contribution in [0.5, 0.6) is 0 Å². The molecule has 0 aromatic heterocycles. The van der Waals surface area contributed by atoms with Crippen LogP contribution in [0.1, 0.15) is 20.3 Å². The molecule has 0 aliphatic rings. The van der Waals surface area contributed by atoms with Crippen molar-refractivity contribution in [3.8, 4) is 0 Å². The van der Waals surface area contributed by atoms with Crippen LogP contribution in [0, 0.1) is 5.41 Å². The number of carbonyl (C=O) groups is 1. The fraction of sp³-hybridized carbons (Fsp3) is 0.875. The van der Waals surface area contributed by atoms with Crippen LogP contribution >= 0.6 is 0 Å². The minimum absolute atomic E-state index is 0.282. The van der Waals surface area contributed by atoms with Gasteiger partial charge in [-0.1, -0.05) is 13.8 Å². The van der Waals surface area contributed by atoms with Gasteiger partial charge in [-0.05, 0) is 0 Å². The molecular weight excluding hydrogens is 144 g/mol. The molecule has 0 saturated heterocycles. The van der Waals surface area contributed by atoms with Gasteiger partial charge in [-0.15, -0.1) is 0 Å². The van der Waals surface area contributed by atoms with Gasteiger partial charge in [-0.2, -0.15) is 0 Å². The molecule has 11 heavy (non-hydrogen) atoms. The van der Waals surface area contributed by atoms with Crippen molar-refractivity contribution in [2.24, 2.45) is 5.41 Å². The summed E-state index contributed by atoms with van der Waals surface area (Å²) in [6.45, 7) is 3.70. The molecule has 0 heterocycles. The van der Waals surface area contributed by atoms with Gasteiger partial charge in [-0.25, -0.2) is 0 Å². The van der Waals surface area contributed by atoms with Gasteiger partial charge in [0.2, 0.25) is 0 Å². The first-order valence-corrected chi connectivity index (χ1v) is 3.57. The normalized spacial score (nSPS) is 12.1. The van der Waals surface area contributed by atoms with Gasteiger partial charge in [0.25, 0.3) is 0 Å². The van der Waals surface area contributed by atoms with Gasteiger partial charge in [0.15, 0.2) is 6.29 Å². The number of hydrogen-bond acceptors (Lipinski definition) is 3. The molecule has 0 unspecified atom stereocenters. The zero-order valence-electron chi connectivity index (χ0n) is 7.59. The van der Waals surface area contributed by atoms with Crippen molar-refractivity contribution in [1.29, 1.82) is 0 Å². The monoisotopic (exact) mass is 160 g/mol. The lowest BCUT2D eigenvalue weighted by atomic mass is 9.91. The standard InChI is InChI=1S/C8H16O3/c1-8(2,6-9)5-7(10-3)11-4/h6-7H,5H2,1-4H3. The second-order valence-electron chi connectivity index (χ2n) is 3.21. The van der Waals surface area contributed by atoms with E-state index in [1.54, 1.807) is 14.2 Å². The zero-order valence-corrected chi connectivity index (χ0v) is 7.59. The van der Waals surface area contributed by atoms with Crippen LogP contribution in [0.2, 0.25) is 0 Å². The summed E-state index contributed by atoms with van der Waals surface area (Å²) in [5.41, 5.74) is -0.364. The fourth-order valence-corrected chi connectivity index (χ4v) is 0.741. The van der Waals surface area contributed by atoms with E-state index < -0.39 is 0 Å². The molecule has 0 amide bonds. The Kier molecular flexibility index (Phi) is 4.30. The molecule has 3 heteroatoms. The molecule has 0 fully saturated rings. The summed E-state index contributed by atoms with van der Waals surface area (Å²) < 4.78 is 9.91. The van der Waals surface area contributed by atoms with Crippen molar-refractivity contribution < 1.29 is 14.3 Å². The van der Waals surface area contributed by atoms with Crippen LogP contribution in [0.15, 0.2) is 0 Å². The molecule has 0 aromatic carbocycles. The summed E-state index contributed by atoms with van der Waals surface area (Å²) in [6.07, 6.45) is 1.22. The average molecular weight is 160 g/mol. The van der Waals surface area contributed by atoms with E-state index >= 15 is 0 Å². The SMILES string of the molecule is COC(CC(C)(C)C=O)OC. The lowest BCUT2D eigenvalue weighted by Gasteiger charge is -2.22. The molecule has 0 aromatic rings. The maximum atomic E-state index is 10.5. The van der Waals surface area contributed by atoms with Crippen LogP contribution in [0.25, 0.3) is 0 Å². The molecule has 0 radical (unpaired) electrons. The summed E-state index contributed by atoms with van der Waals surface area (Å²) in [7, 11) is 3.13. The molecule has 0 aliphatic carbocycles. The predicted molar refractivity (Wildman–Crippen MR) is 42.3 cm³/mol. The third-order valence-corrected chi connectivity index (χ3v) is 1.54. The van der Waals surface area contributed by atoms with Gasteiger partial charge in [0, 0.05) is 26.1 Å². The lowest BCUT2D eigenvalue weighted by molar-refractivity contribution is -0.134. The molecule has 0 spiro atoms. The highest BCUT2D eigenvalue weighted by Gasteiger charge is 2.22. The molecular formula is C8H16O3. The minimum Gasteiger partial charge on any atom is -0.356 e. The highest BCUT2D eigenvalue weighted by Crippen LogP contribution is 2.20. The Labute approximate surface area is 67.7 Å². The Morgan fingerprint density at radius 2 is 1.82 bits per heavy atom. The van der Waals surface area contributed by atoms with Gasteiger partial charge in [0.1, 0.15) is 6.29 Å². The van der Waals surface area contributed by atoms with Crippen molar-refractivity contribution in [2.75, 3.05) is 14.2 Å². The van der Waals surface area contributed by atoms with Gasteiger partial charge in [-0.3, -0.25) is 0 Å².